The predicted octanol–water partition coefficient (Wildman–Crippen LogP) is 3.90. The van der Waals surface area contributed by atoms with E-state index in [-0.39, 0.29) is 5.69 Å². The molecule has 0 saturated heterocycles. The lowest BCUT2D eigenvalue weighted by Crippen LogP contribution is -2.07. The maximum Gasteiger partial charge on any atom is 0.310 e. The summed E-state index contributed by atoms with van der Waals surface area (Å²) < 4.78 is 26.2. The number of anilines is 2. The molecule has 0 spiro atoms. The Labute approximate surface area is 114 Å². The van der Waals surface area contributed by atoms with Crippen LogP contribution in [0.15, 0.2) is 42.5 Å². The van der Waals surface area contributed by atoms with E-state index in [4.69, 9.17) is 5.11 Å². The van der Waals surface area contributed by atoms with Gasteiger partial charge in [-0.2, -0.15) is 0 Å². The van der Waals surface area contributed by atoms with Gasteiger partial charge in [0, 0.05) is 11.8 Å². The van der Waals surface area contributed by atoms with Crippen LogP contribution in [-0.2, 0) is 4.79 Å². The number of aliphatic carboxylic acids is 1. The number of rotatable bonds is 4. The summed E-state index contributed by atoms with van der Waals surface area (Å²) >= 11 is 0. The van der Waals surface area contributed by atoms with Crippen molar-refractivity contribution in [3.05, 3.63) is 59.7 Å². The standard InChI is InChI=1S/C15H13F2NO2/c1-9(15(19)20)10-2-5-12(6-3-10)18-14-7-4-11(16)8-13(14)17/h2-9,18H,1H3,(H,19,20). The van der Waals surface area contributed by atoms with Gasteiger partial charge in [-0.05, 0) is 36.8 Å². The highest BCUT2D eigenvalue weighted by atomic mass is 19.1. The maximum atomic E-state index is 13.5. The van der Waals surface area contributed by atoms with Crippen molar-refractivity contribution in [2.75, 3.05) is 5.32 Å². The third-order valence-corrected chi connectivity index (χ3v) is 2.99. The molecule has 0 radical (unpaired) electrons. The van der Waals surface area contributed by atoms with Crippen LogP contribution in [0.2, 0.25) is 0 Å². The van der Waals surface area contributed by atoms with E-state index in [0.717, 1.165) is 12.1 Å². The number of nitrogens with one attached hydrogen (secondary N) is 1. The zero-order valence-corrected chi connectivity index (χ0v) is 10.7. The van der Waals surface area contributed by atoms with Crippen LogP contribution >= 0.6 is 0 Å². The number of halogens is 2. The highest BCUT2D eigenvalue weighted by molar-refractivity contribution is 5.75. The van der Waals surface area contributed by atoms with Crippen LogP contribution < -0.4 is 5.32 Å². The highest BCUT2D eigenvalue weighted by Crippen LogP contribution is 2.23. The molecule has 0 bridgehead atoms. The summed E-state index contributed by atoms with van der Waals surface area (Å²) in [6.45, 7) is 1.59. The minimum Gasteiger partial charge on any atom is -0.481 e. The summed E-state index contributed by atoms with van der Waals surface area (Å²) in [7, 11) is 0. The van der Waals surface area contributed by atoms with E-state index in [1.165, 1.54) is 6.07 Å². The van der Waals surface area contributed by atoms with Gasteiger partial charge in [0.05, 0.1) is 11.6 Å². The molecule has 20 heavy (non-hydrogen) atoms. The number of hydrogen-bond donors (Lipinski definition) is 2. The Kier molecular flexibility index (Phi) is 3.98. The van der Waals surface area contributed by atoms with Crippen LogP contribution in [0.3, 0.4) is 0 Å². The third kappa shape index (κ3) is 3.12. The summed E-state index contributed by atoms with van der Waals surface area (Å²) in [6.07, 6.45) is 0. The van der Waals surface area contributed by atoms with Crippen molar-refractivity contribution in [3.8, 4) is 0 Å². The number of carbonyl (C=O) groups is 1. The first-order valence-electron chi connectivity index (χ1n) is 6.02. The van der Waals surface area contributed by atoms with E-state index in [0.29, 0.717) is 11.3 Å². The zero-order valence-electron chi connectivity index (χ0n) is 10.7. The average molecular weight is 277 g/mol. The second-order valence-electron chi connectivity index (χ2n) is 4.43. The van der Waals surface area contributed by atoms with E-state index in [9.17, 15) is 13.6 Å². The molecule has 2 N–H and O–H groups in total. The minimum absolute atomic E-state index is 0.158. The van der Waals surface area contributed by atoms with Crippen molar-refractivity contribution < 1.29 is 18.7 Å². The van der Waals surface area contributed by atoms with Crippen LogP contribution in [0, 0.1) is 11.6 Å². The smallest absolute Gasteiger partial charge is 0.310 e. The molecule has 0 amide bonds. The number of benzene rings is 2. The fourth-order valence-electron chi connectivity index (χ4n) is 1.74. The van der Waals surface area contributed by atoms with Gasteiger partial charge in [0.25, 0.3) is 0 Å². The molecule has 2 aromatic carbocycles. The molecule has 0 aliphatic carbocycles. The average Bonchev–Trinajstić information content (AvgIpc) is 2.42. The Bertz CT molecular complexity index is 626. The first-order chi connectivity index (χ1) is 9.47. The van der Waals surface area contributed by atoms with Gasteiger partial charge in [0.15, 0.2) is 0 Å². The maximum absolute atomic E-state index is 13.5. The van der Waals surface area contributed by atoms with E-state index < -0.39 is 23.5 Å². The van der Waals surface area contributed by atoms with Crippen molar-refractivity contribution in [2.45, 2.75) is 12.8 Å². The Hall–Kier alpha value is -2.43. The number of hydrogen-bond acceptors (Lipinski definition) is 2. The molecule has 104 valence electrons. The molecule has 0 aliphatic rings. The molecule has 1 atom stereocenters. The van der Waals surface area contributed by atoms with Gasteiger partial charge >= 0.3 is 5.97 Å². The third-order valence-electron chi connectivity index (χ3n) is 2.99. The molecule has 0 aliphatic heterocycles. The molecule has 2 rings (SSSR count). The van der Waals surface area contributed by atoms with Gasteiger partial charge in [0.2, 0.25) is 0 Å². The zero-order chi connectivity index (χ0) is 14.7. The van der Waals surface area contributed by atoms with E-state index in [2.05, 4.69) is 5.32 Å². The van der Waals surface area contributed by atoms with Crippen LogP contribution in [0.5, 0.6) is 0 Å². The lowest BCUT2D eigenvalue weighted by Gasteiger charge is -2.10. The quantitative estimate of drug-likeness (QED) is 0.891. The van der Waals surface area contributed by atoms with Crippen molar-refractivity contribution in [1.29, 1.82) is 0 Å². The molecule has 0 aromatic heterocycles. The topological polar surface area (TPSA) is 49.3 Å². The molecule has 0 saturated carbocycles. The van der Waals surface area contributed by atoms with Gasteiger partial charge in [-0.3, -0.25) is 4.79 Å². The Balaban J connectivity index is 2.16. The van der Waals surface area contributed by atoms with Crippen molar-refractivity contribution in [1.82, 2.24) is 0 Å². The number of carboxylic acid groups (broad SMARTS) is 1. The molecule has 0 heterocycles. The van der Waals surface area contributed by atoms with Crippen molar-refractivity contribution in [2.24, 2.45) is 0 Å². The second-order valence-corrected chi connectivity index (χ2v) is 4.43. The minimum atomic E-state index is -0.907. The van der Waals surface area contributed by atoms with Gasteiger partial charge < -0.3 is 10.4 Å². The SMILES string of the molecule is CC(C(=O)O)c1ccc(Nc2ccc(F)cc2F)cc1. The Morgan fingerprint density at radius 2 is 1.80 bits per heavy atom. The van der Waals surface area contributed by atoms with Gasteiger partial charge in [-0.1, -0.05) is 12.1 Å². The first kappa shape index (κ1) is 14.0. The Morgan fingerprint density at radius 3 is 2.35 bits per heavy atom. The van der Waals surface area contributed by atoms with Crippen molar-refractivity contribution >= 4 is 17.3 Å². The fraction of sp³-hybridized carbons (Fsp3) is 0.133. The summed E-state index contributed by atoms with van der Waals surface area (Å²) in [4.78, 5) is 10.9. The fourth-order valence-corrected chi connectivity index (χ4v) is 1.74. The summed E-state index contributed by atoms with van der Waals surface area (Å²) in [6, 6.07) is 9.87. The Morgan fingerprint density at radius 1 is 1.15 bits per heavy atom. The lowest BCUT2D eigenvalue weighted by atomic mass is 10.0. The molecule has 2 aromatic rings. The summed E-state index contributed by atoms with van der Waals surface area (Å²) in [5, 5.41) is 11.7. The molecule has 3 nitrogen and oxygen atoms in total. The highest BCUT2D eigenvalue weighted by Gasteiger charge is 2.13. The number of carboxylic acids is 1. The monoisotopic (exact) mass is 277 g/mol. The molecule has 1 unspecified atom stereocenters. The van der Waals surface area contributed by atoms with Crippen LogP contribution in [-0.4, -0.2) is 11.1 Å². The van der Waals surface area contributed by atoms with Crippen LogP contribution in [0.4, 0.5) is 20.2 Å². The van der Waals surface area contributed by atoms with Gasteiger partial charge in [0.1, 0.15) is 11.6 Å². The first-order valence-corrected chi connectivity index (χ1v) is 6.02. The summed E-state index contributed by atoms with van der Waals surface area (Å²) in [5.74, 6) is -2.84. The van der Waals surface area contributed by atoms with E-state index >= 15 is 0 Å². The molecular weight excluding hydrogens is 264 g/mol. The summed E-state index contributed by atoms with van der Waals surface area (Å²) in [5.41, 5.74) is 1.41. The normalized spacial score (nSPS) is 11.9. The second kappa shape index (κ2) is 5.69. The van der Waals surface area contributed by atoms with Crippen LogP contribution in [0.1, 0.15) is 18.4 Å². The largest absolute Gasteiger partial charge is 0.481 e. The van der Waals surface area contributed by atoms with Crippen LogP contribution in [0.25, 0.3) is 0 Å². The molecule has 5 heteroatoms. The molecular formula is C15H13F2NO2. The van der Waals surface area contributed by atoms with Gasteiger partial charge in [-0.25, -0.2) is 8.78 Å². The predicted molar refractivity (Wildman–Crippen MR) is 72.1 cm³/mol. The van der Waals surface area contributed by atoms with Gasteiger partial charge in [-0.15, -0.1) is 0 Å². The lowest BCUT2D eigenvalue weighted by molar-refractivity contribution is -0.138. The van der Waals surface area contributed by atoms with E-state index in [1.807, 2.05) is 0 Å². The van der Waals surface area contributed by atoms with Crippen molar-refractivity contribution in [3.63, 3.8) is 0 Å². The molecule has 0 fully saturated rings. The van der Waals surface area contributed by atoms with E-state index in [1.54, 1.807) is 31.2 Å².